The zero-order valence-electron chi connectivity index (χ0n) is 11.1. The molecule has 19 heavy (non-hydrogen) atoms. The van der Waals surface area contributed by atoms with Crippen LogP contribution in [0, 0.1) is 13.8 Å². The van der Waals surface area contributed by atoms with Gasteiger partial charge in [0.05, 0.1) is 28.7 Å². The minimum absolute atomic E-state index is 0.00155. The number of ketones is 1. The lowest BCUT2D eigenvalue weighted by Crippen LogP contribution is -2.14. The number of hydrogen-bond acceptors (Lipinski definition) is 4. The molecule has 0 aliphatic rings. The molecular weight excluding hydrogens is 328 g/mol. The largest absolute Gasteiger partial charge is 0.383 e. The molecule has 0 N–H and O–H groups in total. The predicted octanol–water partition coefficient (Wildman–Crippen LogP) is 3.20. The molecule has 0 aliphatic heterocycles. The average molecular weight is 343 g/mol. The first-order chi connectivity index (χ1) is 9.04. The van der Waals surface area contributed by atoms with Gasteiger partial charge in [0, 0.05) is 12.0 Å². The Labute approximate surface area is 124 Å². The molecule has 0 bridgehead atoms. The second-order valence-electron chi connectivity index (χ2n) is 4.24. The van der Waals surface area contributed by atoms with Gasteiger partial charge in [0.1, 0.15) is 5.69 Å². The molecule has 2 heterocycles. The lowest BCUT2D eigenvalue weighted by atomic mass is 10.2. The normalized spacial score (nSPS) is 10.9. The Morgan fingerprint density at radius 2 is 2.26 bits per heavy atom. The van der Waals surface area contributed by atoms with Gasteiger partial charge in [0.2, 0.25) is 5.78 Å². The van der Waals surface area contributed by atoms with Crippen LogP contribution in [-0.2, 0) is 11.3 Å². The molecule has 0 aromatic carbocycles. The van der Waals surface area contributed by atoms with Crippen LogP contribution in [0.2, 0.25) is 0 Å². The van der Waals surface area contributed by atoms with Crippen molar-refractivity contribution in [2.75, 3.05) is 13.7 Å². The van der Waals surface area contributed by atoms with Crippen LogP contribution in [0.3, 0.4) is 0 Å². The Kier molecular flexibility index (Phi) is 4.54. The highest BCUT2D eigenvalue weighted by molar-refractivity contribution is 9.10. The summed E-state index contributed by atoms with van der Waals surface area (Å²) >= 11 is 4.91. The predicted molar refractivity (Wildman–Crippen MR) is 79.0 cm³/mol. The minimum Gasteiger partial charge on any atom is -0.383 e. The number of ether oxygens (including phenoxy) is 1. The van der Waals surface area contributed by atoms with Crippen molar-refractivity contribution in [2.24, 2.45) is 0 Å². The van der Waals surface area contributed by atoms with E-state index in [2.05, 4.69) is 21.0 Å². The number of thiophene rings is 1. The van der Waals surface area contributed by atoms with E-state index < -0.39 is 0 Å². The van der Waals surface area contributed by atoms with Crippen molar-refractivity contribution < 1.29 is 9.53 Å². The summed E-state index contributed by atoms with van der Waals surface area (Å²) in [4.78, 5) is 14.5. The highest BCUT2D eigenvalue weighted by Gasteiger charge is 2.20. The Balaban J connectivity index is 2.35. The molecule has 0 radical (unpaired) electrons. The molecule has 0 unspecified atom stereocenters. The number of carbonyl (C=O) groups excluding carboxylic acids is 1. The van der Waals surface area contributed by atoms with Gasteiger partial charge in [-0.3, -0.25) is 9.48 Å². The highest BCUT2D eigenvalue weighted by atomic mass is 79.9. The monoisotopic (exact) mass is 342 g/mol. The summed E-state index contributed by atoms with van der Waals surface area (Å²) in [6.45, 7) is 5.12. The molecular formula is C13H15BrN2O2S. The first-order valence-corrected chi connectivity index (χ1v) is 7.47. The van der Waals surface area contributed by atoms with Crippen LogP contribution in [0.15, 0.2) is 16.7 Å². The number of aromatic nitrogens is 2. The van der Waals surface area contributed by atoms with Crippen molar-refractivity contribution in [2.45, 2.75) is 20.4 Å². The van der Waals surface area contributed by atoms with Crippen LogP contribution in [0.25, 0.3) is 0 Å². The van der Waals surface area contributed by atoms with Crippen LogP contribution in [0.5, 0.6) is 0 Å². The molecule has 102 valence electrons. The van der Waals surface area contributed by atoms with Crippen molar-refractivity contribution in [1.29, 1.82) is 0 Å². The van der Waals surface area contributed by atoms with Crippen LogP contribution >= 0.6 is 27.3 Å². The first kappa shape index (κ1) is 14.4. The Morgan fingerprint density at radius 3 is 2.84 bits per heavy atom. The lowest BCUT2D eigenvalue weighted by molar-refractivity contribution is 0.102. The van der Waals surface area contributed by atoms with E-state index in [4.69, 9.17) is 4.74 Å². The maximum atomic E-state index is 12.6. The minimum atomic E-state index is 0.00155. The second-order valence-corrected chi connectivity index (χ2v) is 6.35. The number of carbonyl (C=O) groups is 1. The summed E-state index contributed by atoms with van der Waals surface area (Å²) in [6.07, 6.45) is 1.65. The van der Waals surface area contributed by atoms with Crippen molar-refractivity contribution in [3.63, 3.8) is 0 Å². The van der Waals surface area contributed by atoms with Gasteiger partial charge in [-0.2, -0.15) is 5.10 Å². The third kappa shape index (κ3) is 2.96. The standard InChI is InChI=1S/C13H15BrN2O2S/c1-8-6-11(19-9(8)2)13(17)12-10(14)7-15-16(12)4-5-18-3/h6-7H,4-5H2,1-3H3. The first-order valence-electron chi connectivity index (χ1n) is 5.86. The Hall–Kier alpha value is -0.980. The summed E-state index contributed by atoms with van der Waals surface area (Å²) in [7, 11) is 1.63. The summed E-state index contributed by atoms with van der Waals surface area (Å²) in [5, 5.41) is 4.20. The van der Waals surface area contributed by atoms with Crippen LogP contribution < -0.4 is 0 Å². The van der Waals surface area contributed by atoms with E-state index in [0.29, 0.717) is 18.8 Å². The summed E-state index contributed by atoms with van der Waals surface area (Å²) in [5.74, 6) is 0.00155. The molecule has 2 rings (SSSR count). The molecule has 0 amide bonds. The van der Waals surface area contributed by atoms with Gasteiger partial charge < -0.3 is 4.74 Å². The second kappa shape index (κ2) is 5.98. The van der Waals surface area contributed by atoms with Crippen molar-refractivity contribution in [3.8, 4) is 0 Å². The zero-order valence-corrected chi connectivity index (χ0v) is 13.5. The number of aryl methyl sites for hydroxylation is 2. The summed E-state index contributed by atoms with van der Waals surface area (Å²) < 4.78 is 7.43. The third-order valence-corrected chi connectivity index (χ3v) is 4.64. The van der Waals surface area contributed by atoms with Gasteiger partial charge in [-0.1, -0.05) is 0 Å². The summed E-state index contributed by atoms with van der Waals surface area (Å²) in [6, 6.07) is 1.93. The van der Waals surface area contributed by atoms with E-state index in [1.54, 1.807) is 18.0 Å². The van der Waals surface area contributed by atoms with E-state index in [1.165, 1.54) is 16.2 Å². The lowest BCUT2D eigenvalue weighted by Gasteiger charge is -2.05. The van der Waals surface area contributed by atoms with Gasteiger partial charge >= 0.3 is 0 Å². The number of hydrogen-bond donors (Lipinski definition) is 0. The molecule has 0 fully saturated rings. The molecule has 0 atom stereocenters. The zero-order chi connectivity index (χ0) is 14.0. The molecule has 0 saturated carbocycles. The third-order valence-electron chi connectivity index (χ3n) is 2.91. The van der Waals surface area contributed by atoms with Crippen molar-refractivity contribution in [3.05, 3.63) is 37.7 Å². The van der Waals surface area contributed by atoms with Gasteiger partial charge in [-0.05, 0) is 41.4 Å². The van der Waals surface area contributed by atoms with Crippen LogP contribution in [-0.4, -0.2) is 29.3 Å². The Morgan fingerprint density at radius 1 is 1.53 bits per heavy atom. The SMILES string of the molecule is COCCn1ncc(Br)c1C(=O)c1cc(C)c(C)s1. The van der Waals surface area contributed by atoms with Crippen LogP contribution in [0.1, 0.15) is 25.8 Å². The summed E-state index contributed by atoms with van der Waals surface area (Å²) in [5.41, 5.74) is 1.73. The fourth-order valence-corrected chi connectivity index (χ4v) is 3.19. The number of halogens is 1. The van der Waals surface area contributed by atoms with E-state index in [9.17, 15) is 4.79 Å². The Bertz CT molecular complexity index is 584. The average Bonchev–Trinajstić information content (AvgIpc) is 2.90. The number of rotatable bonds is 5. The van der Waals surface area contributed by atoms with Gasteiger partial charge in [-0.15, -0.1) is 11.3 Å². The molecule has 4 nitrogen and oxygen atoms in total. The van der Waals surface area contributed by atoms with E-state index >= 15 is 0 Å². The molecule has 0 aliphatic carbocycles. The number of nitrogens with zero attached hydrogens (tertiary/aromatic N) is 2. The molecule has 2 aromatic rings. The smallest absolute Gasteiger partial charge is 0.222 e. The van der Waals surface area contributed by atoms with Gasteiger partial charge in [-0.25, -0.2) is 0 Å². The number of methoxy groups -OCH3 is 1. The molecule has 6 heteroatoms. The van der Waals surface area contributed by atoms with E-state index in [1.807, 2.05) is 19.9 Å². The van der Waals surface area contributed by atoms with E-state index in [-0.39, 0.29) is 5.78 Å². The highest BCUT2D eigenvalue weighted by Crippen LogP contribution is 2.26. The van der Waals surface area contributed by atoms with Gasteiger partial charge in [0.25, 0.3) is 0 Å². The molecule has 0 spiro atoms. The topological polar surface area (TPSA) is 44.1 Å². The fourth-order valence-electron chi connectivity index (χ4n) is 1.74. The van der Waals surface area contributed by atoms with Crippen molar-refractivity contribution >= 4 is 33.0 Å². The maximum absolute atomic E-state index is 12.6. The maximum Gasteiger partial charge on any atom is 0.222 e. The van der Waals surface area contributed by atoms with Gasteiger partial charge in [0.15, 0.2) is 0 Å². The quantitative estimate of drug-likeness (QED) is 0.783. The van der Waals surface area contributed by atoms with Crippen molar-refractivity contribution in [1.82, 2.24) is 9.78 Å². The molecule has 2 aromatic heterocycles. The fraction of sp³-hybridized carbons (Fsp3) is 0.385. The van der Waals surface area contributed by atoms with E-state index in [0.717, 1.165) is 14.9 Å². The molecule has 0 saturated heterocycles. The van der Waals surface area contributed by atoms with Crippen LogP contribution in [0.4, 0.5) is 0 Å².